The second-order valence-electron chi connectivity index (χ2n) is 6.74. The van der Waals surface area contributed by atoms with Gasteiger partial charge in [0.05, 0.1) is 10.2 Å². The summed E-state index contributed by atoms with van der Waals surface area (Å²) in [6.45, 7) is 2.05. The Morgan fingerprint density at radius 1 is 1.42 bits per heavy atom. The highest BCUT2D eigenvalue weighted by Crippen LogP contribution is 2.40. The van der Waals surface area contributed by atoms with Crippen LogP contribution >= 0.6 is 27.7 Å². The predicted molar refractivity (Wildman–Crippen MR) is 106 cm³/mol. The van der Waals surface area contributed by atoms with Crippen molar-refractivity contribution in [2.45, 2.75) is 38.2 Å². The van der Waals surface area contributed by atoms with E-state index < -0.39 is 53.8 Å². The fraction of sp³-hybridized carbons (Fsp3) is 0.471. The number of halogens is 3. The Hall–Kier alpha value is -2.48. The third kappa shape index (κ3) is 4.44. The lowest BCUT2D eigenvalue weighted by Crippen LogP contribution is -2.70. The molecule has 3 rings (SSSR count). The molecule has 2 amide bonds. The van der Waals surface area contributed by atoms with Gasteiger partial charge in [0.2, 0.25) is 5.91 Å². The van der Waals surface area contributed by atoms with Crippen LogP contribution in [0.5, 0.6) is 0 Å². The van der Waals surface area contributed by atoms with Gasteiger partial charge in [-0.2, -0.15) is 5.10 Å². The summed E-state index contributed by atoms with van der Waals surface area (Å²) in [4.78, 5) is 48.7. The summed E-state index contributed by atoms with van der Waals surface area (Å²) < 4.78 is 32.0. The summed E-state index contributed by atoms with van der Waals surface area (Å²) in [7, 11) is 0. The zero-order valence-electron chi connectivity index (χ0n) is 16.2. The van der Waals surface area contributed by atoms with Gasteiger partial charge < -0.3 is 15.2 Å². The van der Waals surface area contributed by atoms with Crippen LogP contribution in [0.4, 0.5) is 8.78 Å². The Morgan fingerprint density at radius 3 is 2.65 bits per heavy atom. The molecule has 0 radical (unpaired) electrons. The molecule has 3 heterocycles. The van der Waals surface area contributed by atoms with Crippen LogP contribution in [0.25, 0.3) is 0 Å². The minimum absolute atomic E-state index is 0.0978. The lowest BCUT2D eigenvalue weighted by molar-refractivity contribution is -0.151. The fourth-order valence-corrected chi connectivity index (χ4v) is 4.96. The number of carbonyl (C=O) groups excluding carboxylic acids is 3. The molecule has 0 saturated carbocycles. The molecule has 0 aliphatic carbocycles. The maximum absolute atomic E-state index is 13.0. The number of rotatable bonds is 7. The van der Waals surface area contributed by atoms with Crippen LogP contribution in [0, 0.1) is 6.92 Å². The second-order valence-corrected chi connectivity index (χ2v) is 8.63. The van der Waals surface area contributed by atoms with Crippen LogP contribution in [-0.4, -0.2) is 67.3 Å². The van der Waals surface area contributed by atoms with Crippen molar-refractivity contribution < 1.29 is 37.8 Å². The SMILES string of the molecule is CC(=O)OCC1=C(C(=O)O)N2C(=O)[C@H](NC(=O)Cn3nc(C(F)F)c(Br)c3C)[C@H]2SC1. The first kappa shape index (κ1) is 23.2. The summed E-state index contributed by atoms with van der Waals surface area (Å²) in [5.74, 6) is -3.00. The summed E-state index contributed by atoms with van der Waals surface area (Å²) in [6.07, 6.45) is -2.82. The molecule has 168 valence electrons. The van der Waals surface area contributed by atoms with Crippen molar-refractivity contribution in [3.63, 3.8) is 0 Å². The van der Waals surface area contributed by atoms with E-state index in [0.717, 1.165) is 9.58 Å². The first-order valence-corrected chi connectivity index (χ1v) is 10.7. The molecule has 2 aliphatic heterocycles. The number of esters is 1. The minimum atomic E-state index is -2.82. The molecule has 31 heavy (non-hydrogen) atoms. The molecule has 1 aromatic rings. The lowest BCUT2D eigenvalue weighted by atomic mass is 10.0. The highest BCUT2D eigenvalue weighted by atomic mass is 79.9. The first-order valence-electron chi connectivity index (χ1n) is 8.86. The molecule has 0 spiro atoms. The summed E-state index contributed by atoms with van der Waals surface area (Å²) in [6, 6.07) is -0.976. The van der Waals surface area contributed by atoms with Gasteiger partial charge in [0, 0.05) is 18.2 Å². The number of carbonyl (C=O) groups is 4. The minimum Gasteiger partial charge on any atom is -0.477 e. The largest absolute Gasteiger partial charge is 0.477 e. The summed E-state index contributed by atoms with van der Waals surface area (Å²) in [5, 5.41) is 15.1. The number of ether oxygens (including phenoxy) is 1. The predicted octanol–water partition coefficient (Wildman–Crippen LogP) is 1.19. The number of hydrogen-bond acceptors (Lipinski definition) is 7. The Morgan fingerprint density at radius 2 is 2.10 bits per heavy atom. The Kier molecular flexibility index (Phi) is 6.69. The number of amides is 2. The standard InChI is InChI=1S/C17H17BrF2N4O6S/c1-6-10(18)11(14(19)20)22-23(6)3-9(26)21-12-15(27)24-13(17(28)29)8(4-30-7(2)25)5-31-16(12)24/h12,14,16H,3-5H2,1-2H3,(H,21,26)(H,28,29)/t12-,16+/m0/s1. The molecule has 2 N–H and O–H groups in total. The maximum Gasteiger partial charge on any atom is 0.352 e. The maximum atomic E-state index is 13.0. The van der Waals surface area contributed by atoms with Crippen molar-refractivity contribution >= 4 is 51.4 Å². The number of hydrogen-bond donors (Lipinski definition) is 2. The molecule has 10 nitrogen and oxygen atoms in total. The number of nitrogens with zero attached hydrogens (tertiary/aromatic N) is 3. The molecule has 14 heteroatoms. The van der Waals surface area contributed by atoms with Gasteiger partial charge in [0.15, 0.2) is 0 Å². The number of nitrogens with one attached hydrogen (secondary N) is 1. The van der Waals surface area contributed by atoms with Crippen molar-refractivity contribution in [3.8, 4) is 0 Å². The van der Waals surface area contributed by atoms with E-state index >= 15 is 0 Å². The fourth-order valence-electron chi connectivity index (χ4n) is 3.18. The van der Waals surface area contributed by atoms with Gasteiger partial charge in [-0.15, -0.1) is 11.8 Å². The van der Waals surface area contributed by atoms with Crippen molar-refractivity contribution in [1.82, 2.24) is 20.0 Å². The van der Waals surface area contributed by atoms with Gasteiger partial charge >= 0.3 is 11.9 Å². The van der Waals surface area contributed by atoms with Gasteiger partial charge in [-0.1, -0.05) is 0 Å². The second kappa shape index (κ2) is 8.94. The monoisotopic (exact) mass is 522 g/mol. The molecular weight excluding hydrogens is 506 g/mol. The van der Waals surface area contributed by atoms with Crippen LogP contribution in [0.3, 0.4) is 0 Å². The Bertz CT molecular complexity index is 998. The highest BCUT2D eigenvalue weighted by molar-refractivity contribution is 9.10. The first-order chi connectivity index (χ1) is 14.5. The van der Waals surface area contributed by atoms with E-state index in [1.807, 2.05) is 0 Å². The smallest absolute Gasteiger partial charge is 0.352 e. The average molecular weight is 523 g/mol. The lowest BCUT2D eigenvalue weighted by Gasteiger charge is -2.49. The van der Waals surface area contributed by atoms with Crippen molar-refractivity contribution in [3.05, 3.63) is 27.1 Å². The van der Waals surface area contributed by atoms with E-state index in [2.05, 4.69) is 26.3 Å². The Balaban J connectivity index is 1.70. The van der Waals surface area contributed by atoms with Crippen LogP contribution in [0.15, 0.2) is 15.7 Å². The van der Waals surface area contributed by atoms with Crippen LogP contribution in [0.1, 0.15) is 24.7 Å². The number of alkyl halides is 2. The molecule has 2 aliphatic rings. The van der Waals surface area contributed by atoms with E-state index in [4.69, 9.17) is 4.74 Å². The number of fused-ring (bicyclic) bond motifs is 1. The van der Waals surface area contributed by atoms with E-state index in [-0.39, 0.29) is 28.1 Å². The van der Waals surface area contributed by atoms with Gasteiger partial charge in [0.1, 0.15) is 36.0 Å². The van der Waals surface area contributed by atoms with Gasteiger partial charge in [-0.25, -0.2) is 13.6 Å². The van der Waals surface area contributed by atoms with Crippen LogP contribution < -0.4 is 5.32 Å². The average Bonchev–Trinajstić information content (AvgIpc) is 2.98. The molecule has 1 fully saturated rings. The number of β-lactam (4-membered cyclic amide) rings is 1. The summed E-state index contributed by atoms with van der Waals surface area (Å²) in [5.41, 5.74) is -0.159. The third-order valence-electron chi connectivity index (χ3n) is 4.67. The van der Waals surface area contributed by atoms with E-state index in [0.29, 0.717) is 5.69 Å². The normalized spacial score (nSPS) is 20.5. The number of thioether (sulfide) groups is 1. The number of aromatic nitrogens is 2. The molecule has 1 aromatic heterocycles. The van der Waals surface area contributed by atoms with Crippen molar-refractivity contribution in [1.29, 1.82) is 0 Å². The van der Waals surface area contributed by atoms with E-state index in [1.54, 1.807) is 0 Å². The topological polar surface area (TPSA) is 131 Å². The zero-order chi connectivity index (χ0) is 23.0. The summed E-state index contributed by atoms with van der Waals surface area (Å²) >= 11 is 4.23. The molecule has 2 atom stereocenters. The highest BCUT2D eigenvalue weighted by Gasteiger charge is 2.54. The van der Waals surface area contributed by atoms with Gasteiger partial charge in [0.25, 0.3) is 12.3 Å². The van der Waals surface area contributed by atoms with E-state index in [9.17, 15) is 33.1 Å². The van der Waals surface area contributed by atoms with Gasteiger partial charge in [-0.3, -0.25) is 24.0 Å². The Labute approximate surface area is 187 Å². The molecule has 0 bridgehead atoms. The number of carboxylic acid groups (broad SMARTS) is 1. The number of carboxylic acids is 1. The van der Waals surface area contributed by atoms with Gasteiger partial charge in [-0.05, 0) is 22.9 Å². The molecular formula is C17H17BrF2N4O6S. The molecule has 1 saturated heterocycles. The molecule has 0 unspecified atom stereocenters. The van der Waals surface area contributed by atoms with Crippen molar-refractivity contribution in [2.75, 3.05) is 12.4 Å². The van der Waals surface area contributed by atoms with Crippen molar-refractivity contribution in [2.24, 2.45) is 0 Å². The number of aliphatic carboxylic acids is 1. The van der Waals surface area contributed by atoms with Crippen LogP contribution in [0.2, 0.25) is 0 Å². The van der Waals surface area contributed by atoms with E-state index in [1.165, 1.54) is 25.6 Å². The third-order valence-corrected chi connectivity index (χ3v) is 6.99. The van der Waals surface area contributed by atoms with Crippen LogP contribution in [-0.2, 0) is 30.5 Å². The zero-order valence-corrected chi connectivity index (χ0v) is 18.6. The molecule has 0 aromatic carbocycles. The quantitative estimate of drug-likeness (QED) is 0.403.